The maximum Gasteiger partial charge on any atom is 0.158 e. The van der Waals surface area contributed by atoms with Crippen molar-refractivity contribution in [3.63, 3.8) is 0 Å². The Kier molecular flexibility index (Phi) is 5.60. The molecular weight excluding hydrogens is 264 g/mol. The van der Waals surface area contributed by atoms with Gasteiger partial charge in [0.15, 0.2) is 6.29 Å². The minimum Gasteiger partial charge on any atom is -0.353 e. The molecule has 0 N–H and O–H groups in total. The van der Waals surface area contributed by atoms with Gasteiger partial charge >= 0.3 is 0 Å². The Balaban J connectivity index is 1.44. The third-order valence-electron chi connectivity index (χ3n) is 4.58. The number of likely N-dealkylation sites (tertiary alicyclic amines) is 1. The Morgan fingerprint density at radius 2 is 1.86 bits per heavy atom. The van der Waals surface area contributed by atoms with Crippen LogP contribution in [0.1, 0.15) is 43.6 Å². The Morgan fingerprint density at radius 3 is 2.67 bits per heavy atom. The van der Waals surface area contributed by atoms with Gasteiger partial charge in [-0.15, -0.1) is 0 Å². The maximum absolute atomic E-state index is 5.63. The van der Waals surface area contributed by atoms with E-state index in [2.05, 4.69) is 22.0 Å². The molecule has 2 saturated heterocycles. The first-order chi connectivity index (χ1) is 10.4. The average Bonchev–Trinajstić information content (AvgIpc) is 2.80. The van der Waals surface area contributed by atoms with Crippen LogP contribution in [-0.4, -0.2) is 49.0 Å². The Labute approximate surface area is 127 Å². The minimum atomic E-state index is 0.0259. The van der Waals surface area contributed by atoms with E-state index in [1.807, 2.05) is 12.4 Å². The second kappa shape index (κ2) is 7.87. The van der Waals surface area contributed by atoms with Crippen LogP contribution in [0.5, 0.6) is 0 Å². The molecule has 2 aliphatic rings. The first-order valence-electron chi connectivity index (χ1n) is 8.27. The molecule has 1 atom stereocenters. The summed E-state index contributed by atoms with van der Waals surface area (Å²) in [5.74, 6) is 0.695. The number of ether oxygens (including phenoxy) is 2. The highest BCUT2D eigenvalue weighted by molar-refractivity contribution is 5.15. The fourth-order valence-corrected chi connectivity index (χ4v) is 3.34. The lowest BCUT2D eigenvalue weighted by molar-refractivity contribution is -0.182. The number of rotatable bonds is 4. The molecule has 0 aliphatic carbocycles. The Bertz CT molecular complexity index is 407. The van der Waals surface area contributed by atoms with Gasteiger partial charge in [0.1, 0.15) is 0 Å². The summed E-state index contributed by atoms with van der Waals surface area (Å²) >= 11 is 0. The van der Waals surface area contributed by atoms with E-state index in [1.54, 1.807) is 0 Å². The standard InChI is InChI=1S/C17H26N2O2/c1-3-15(16-4-8-18-9-5-16)6-11-19(10-1)12-7-17-20-13-2-14-21-17/h4-5,8-9,15,17H,1-3,6-7,10-14H2. The van der Waals surface area contributed by atoms with Gasteiger partial charge in [-0.25, -0.2) is 0 Å². The van der Waals surface area contributed by atoms with Crippen LogP contribution in [-0.2, 0) is 9.47 Å². The summed E-state index contributed by atoms with van der Waals surface area (Å²) in [6, 6.07) is 4.34. The van der Waals surface area contributed by atoms with Crippen molar-refractivity contribution in [2.75, 3.05) is 32.8 Å². The topological polar surface area (TPSA) is 34.6 Å². The summed E-state index contributed by atoms with van der Waals surface area (Å²) in [7, 11) is 0. The van der Waals surface area contributed by atoms with Gasteiger partial charge in [-0.3, -0.25) is 4.98 Å². The predicted molar refractivity (Wildman–Crippen MR) is 82.2 cm³/mol. The molecule has 0 spiro atoms. The van der Waals surface area contributed by atoms with Gasteiger partial charge in [0.25, 0.3) is 0 Å². The largest absolute Gasteiger partial charge is 0.353 e. The molecule has 0 bridgehead atoms. The van der Waals surface area contributed by atoms with Crippen molar-refractivity contribution in [2.45, 2.75) is 44.3 Å². The second-order valence-corrected chi connectivity index (χ2v) is 6.06. The number of pyridine rings is 1. The van der Waals surface area contributed by atoms with Crippen molar-refractivity contribution in [1.82, 2.24) is 9.88 Å². The van der Waals surface area contributed by atoms with E-state index < -0.39 is 0 Å². The van der Waals surface area contributed by atoms with Gasteiger partial charge in [0, 0.05) is 25.4 Å². The van der Waals surface area contributed by atoms with Gasteiger partial charge < -0.3 is 14.4 Å². The van der Waals surface area contributed by atoms with Crippen LogP contribution in [0.4, 0.5) is 0 Å². The molecule has 3 heterocycles. The predicted octanol–water partition coefficient (Wildman–Crippen LogP) is 2.80. The zero-order valence-electron chi connectivity index (χ0n) is 12.7. The highest BCUT2D eigenvalue weighted by Gasteiger charge is 2.20. The van der Waals surface area contributed by atoms with Crippen LogP contribution in [0.15, 0.2) is 24.5 Å². The molecule has 1 aromatic rings. The monoisotopic (exact) mass is 290 g/mol. The average molecular weight is 290 g/mol. The van der Waals surface area contributed by atoms with E-state index >= 15 is 0 Å². The fraction of sp³-hybridized carbons (Fsp3) is 0.706. The second-order valence-electron chi connectivity index (χ2n) is 6.06. The third kappa shape index (κ3) is 4.50. The molecule has 116 valence electrons. The Hall–Kier alpha value is -0.970. The summed E-state index contributed by atoms with van der Waals surface area (Å²) in [4.78, 5) is 6.69. The minimum absolute atomic E-state index is 0.0259. The first kappa shape index (κ1) is 14.9. The number of hydrogen-bond donors (Lipinski definition) is 0. The maximum atomic E-state index is 5.63. The van der Waals surface area contributed by atoms with E-state index in [0.29, 0.717) is 5.92 Å². The van der Waals surface area contributed by atoms with Crippen molar-refractivity contribution in [2.24, 2.45) is 0 Å². The lowest BCUT2D eigenvalue weighted by Gasteiger charge is -2.26. The molecule has 1 aromatic heterocycles. The number of aromatic nitrogens is 1. The molecule has 4 nitrogen and oxygen atoms in total. The summed E-state index contributed by atoms with van der Waals surface area (Å²) in [6.07, 6.45) is 9.70. The van der Waals surface area contributed by atoms with Gasteiger partial charge in [0.05, 0.1) is 13.2 Å². The van der Waals surface area contributed by atoms with Gasteiger partial charge in [-0.2, -0.15) is 0 Å². The molecule has 0 amide bonds. The molecule has 3 rings (SSSR count). The SMILES string of the molecule is c1cc(C2CCCN(CCC3OCCCO3)CC2)ccn1. The molecule has 1 unspecified atom stereocenters. The van der Waals surface area contributed by atoms with Crippen LogP contribution in [0.2, 0.25) is 0 Å². The van der Waals surface area contributed by atoms with Crippen LogP contribution in [0.3, 0.4) is 0 Å². The zero-order valence-corrected chi connectivity index (χ0v) is 12.7. The van der Waals surface area contributed by atoms with Crippen LogP contribution >= 0.6 is 0 Å². The van der Waals surface area contributed by atoms with E-state index in [9.17, 15) is 0 Å². The van der Waals surface area contributed by atoms with Gasteiger partial charge in [-0.05, 0) is 62.4 Å². The van der Waals surface area contributed by atoms with Gasteiger partial charge in [0.2, 0.25) is 0 Å². The van der Waals surface area contributed by atoms with Crippen LogP contribution in [0.25, 0.3) is 0 Å². The molecular formula is C17H26N2O2. The molecule has 21 heavy (non-hydrogen) atoms. The summed E-state index contributed by atoms with van der Waals surface area (Å²) < 4.78 is 11.3. The number of hydrogen-bond acceptors (Lipinski definition) is 4. The van der Waals surface area contributed by atoms with Crippen molar-refractivity contribution < 1.29 is 9.47 Å². The third-order valence-corrected chi connectivity index (χ3v) is 4.58. The smallest absolute Gasteiger partial charge is 0.158 e. The number of nitrogens with zero attached hydrogens (tertiary/aromatic N) is 2. The summed E-state index contributed by atoms with van der Waals surface area (Å²) in [6.45, 7) is 5.19. The van der Waals surface area contributed by atoms with E-state index in [-0.39, 0.29) is 6.29 Å². The molecule has 2 aliphatic heterocycles. The normalized spacial score (nSPS) is 25.6. The Morgan fingerprint density at radius 1 is 1.05 bits per heavy atom. The van der Waals surface area contributed by atoms with Crippen LogP contribution in [0, 0.1) is 0 Å². The molecule has 0 aromatic carbocycles. The van der Waals surface area contributed by atoms with Crippen LogP contribution < -0.4 is 0 Å². The highest BCUT2D eigenvalue weighted by atomic mass is 16.7. The van der Waals surface area contributed by atoms with E-state index in [0.717, 1.165) is 32.6 Å². The molecule has 4 heteroatoms. The van der Waals surface area contributed by atoms with E-state index in [1.165, 1.54) is 37.9 Å². The molecule has 2 fully saturated rings. The summed E-state index contributed by atoms with van der Waals surface area (Å²) in [5.41, 5.74) is 1.45. The fourth-order valence-electron chi connectivity index (χ4n) is 3.34. The molecule has 0 radical (unpaired) electrons. The van der Waals surface area contributed by atoms with Crippen molar-refractivity contribution in [3.05, 3.63) is 30.1 Å². The van der Waals surface area contributed by atoms with Crippen molar-refractivity contribution in [3.8, 4) is 0 Å². The zero-order chi connectivity index (χ0) is 14.3. The van der Waals surface area contributed by atoms with E-state index in [4.69, 9.17) is 9.47 Å². The lowest BCUT2D eigenvalue weighted by Crippen LogP contribution is -2.32. The molecule has 0 saturated carbocycles. The summed E-state index contributed by atoms with van der Waals surface area (Å²) in [5, 5.41) is 0. The van der Waals surface area contributed by atoms with Gasteiger partial charge in [-0.1, -0.05) is 0 Å². The highest BCUT2D eigenvalue weighted by Crippen LogP contribution is 2.27. The first-order valence-corrected chi connectivity index (χ1v) is 8.27. The van der Waals surface area contributed by atoms with Crippen molar-refractivity contribution in [1.29, 1.82) is 0 Å². The quantitative estimate of drug-likeness (QED) is 0.854. The van der Waals surface area contributed by atoms with Crippen molar-refractivity contribution >= 4 is 0 Å². The lowest BCUT2D eigenvalue weighted by atomic mass is 9.93.